The number of phenols is 1. The summed E-state index contributed by atoms with van der Waals surface area (Å²) in [6, 6.07) is 13.2. The van der Waals surface area contributed by atoms with Gasteiger partial charge in [-0.2, -0.15) is 0 Å². The summed E-state index contributed by atoms with van der Waals surface area (Å²) in [5.41, 5.74) is 3.71. The molecule has 2 aromatic carbocycles. The molecule has 2 aromatic rings. The topological polar surface area (TPSA) is 93.6 Å². The first-order chi connectivity index (χ1) is 13.6. The highest BCUT2D eigenvalue weighted by Gasteiger charge is 2.25. The quantitative estimate of drug-likeness (QED) is 0.529. The highest BCUT2D eigenvalue weighted by molar-refractivity contribution is 5.95. The second kappa shape index (κ2) is 8.20. The Morgan fingerprint density at radius 1 is 1.18 bits per heavy atom. The number of anilines is 1. The van der Waals surface area contributed by atoms with Crippen molar-refractivity contribution in [3.05, 3.63) is 59.2 Å². The summed E-state index contributed by atoms with van der Waals surface area (Å²) in [5, 5.41) is 29.7. The third kappa shape index (κ3) is 4.29. The predicted octanol–water partition coefficient (Wildman–Crippen LogP) is 2.16. The van der Waals surface area contributed by atoms with Crippen LogP contribution >= 0.6 is 0 Å². The summed E-state index contributed by atoms with van der Waals surface area (Å²) in [6.45, 7) is 0.776. The molecule has 0 spiro atoms. The zero-order valence-corrected chi connectivity index (χ0v) is 15.8. The van der Waals surface area contributed by atoms with Crippen LogP contribution in [0.25, 0.3) is 0 Å². The van der Waals surface area contributed by atoms with Gasteiger partial charge in [-0.15, -0.1) is 0 Å². The fraction of sp³-hybridized carbons (Fsp3) is 0.409. The van der Waals surface area contributed by atoms with Crippen molar-refractivity contribution in [3.63, 3.8) is 0 Å². The van der Waals surface area contributed by atoms with Crippen LogP contribution in [0.2, 0.25) is 0 Å². The first-order valence-corrected chi connectivity index (χ1v) is 9.95. The Hall–Kier alpha value is -2.57. The van der Waals surface area contributed by atoms with Gasteiger partial charge in [0.2, 0.25) is 0 Å². The van der Waals surface area contributed by atoms with Crippen LogP contribution in [0, 0.1) is 0 Å². The fourth-order valence-corrected chi connectivity index (χ4v) is 3.78. The van der Waals surface area contributed by atoms with E-state index in [0.29, 0.717) is 24.6 Å². The van der Waals surface area contributed by atoms with Gasteiger partial charge in [0, 0.05) is 36.4 Å². The molecule has 28 heavy (non-hydrogen) atoms. The number of hydrogen-bond donors (Lipinski definition) is 5. The van der Waals surface area contributed by atoms with Gasteiger partial charge >= 0.3 is 0 Å². The maximum Gasteiger partial charge on any atom is 0.251 e. The van der Waals surface area contributed by atoms with Gasteiger partial charge in [0.25, 0.3) is 5.91 Å². The van der Waals surface area contributed by atoms with Crippen molar-refractivity contribution >= 4 is 11.6 Å². The van der Waals surface area contributed by atoms with E-state index in [0.717, 1.165) is 16.8 Å². The average Bonchev–Trinajstić information content (AvgIpc) is 2.68. The summed E-state index contributed by atoms with van der Waals surface area (Å²) >= 11 is 0. The molecule has 0 radical (unpaired) electrons. The summed E-state index contributed by atoms with van der Waals surface area (Å²) in [7, 11) is 0. The lowest BCUT2D eigenvalue weighted by molar-refractivity contribution is 0.0870. The van der Waals surface area contributed by atoms with Gasteiger partial charge in [-0.05, 0) is 67.1 Å². The molecular weight excluding hydrogens is 354 g/mol. The number of aliphatic hydroxyl groups excluding tert-OH is 1. The second-order valence-electron chi connectivity index (χ2n) is 7.77. The van der Waals surface area contributed by atoms with Gasteiger partial charge in [-0.3, -0.25) is 4.79 Å². The van der Waals surface area contributed by atoms with Gasteiger partial charge in [0.05, 0.1) is 6.10 Å². The standard InChI is InChI=1S/C22H27N3O3/c26-19-8-7-14-11-20(23-12-16(14)10-19)21(27)13-24-22(28)15-3-1-6-18(9-15)25-17-4-2-5-17/h1,3,6-10,17,20-21,23,25-27H,2,4-5,11-13H2,(H,24,28)/t20-,21+/m0/s1. The van der Waals surface area contributed by atoms with E-state index in [1.165, 1.54) is 19.3 Å². The first kappa shape index (κ1) is 18.8. The van der Waals surface area contributed by atoms with Crippen molar-refractivity contribution in [1.82, 2.24) is 10.6 Å². The van der Waals surface area contributed by atoms with E-state index in [1.54, 1.807) is 18.2 Å². The number of rotatable bonds is 6. The Morgan fingerprint density at radius 2 is 2.04 bits per heavy atom. The third-order valence-corrected chi connectivity index (χ3v) is 5.72. The van der Waals surface area contributed by atoms with E-state index in [-0.39, 0.29) is 24.2 Å². The molecule has 0 bridgehead atoms. The zero-order chi connectivity index (χ0) is 19.5. The molecule has 6 heteroatoms. The van der Waals surface area contributed by atoms with Gasteiger partial charge in [-0.1, -0.05) is 12.1 Å². The van der Waals surface area contributed by atoms with E-state index in [1.807, 2.05) is 24.3 Å². The number of nitrogens with one attached hydrogen (secondary N) is 3. The summed E-state index contributed by atoms with van der Waals surface area (Å²) in [4.78, 5) is 12.5. The third-order valence-electron chi connectivity index (χ3n) is 5.72. The molecule has 148 valence electrons. The van der Waals surface area contributed by atoms with Crippen molar-refractivity contribution in [2.75, 3.05) is 11.9 Å². The normalized spacial score (nSPS) is 20.0. The summed E-state index contributed by atoms with van der Waals surface area (Å²) < 4.78 is 0. The van der Waals surface area contributed by atoms with Gasteiger partial charge in [0.1, 0.15) is 5.75 Å². The predicted molar refractivity (Wildman–Crippen MR) is 108 cm³/mol. The van der Waals surface area contributed by atoms with E-state index in [9.17, 15) is 15.0 Å². The van der Waals surface area contributed by atoms with Crippen molar-refractivity contribution in [2.45, 2.75) is 50.4 Å². The van der Waals surface area contributed by atoms with Crippen LogP contribution in [-0.2, 0) is 13.0 Å². The Balaban J connectivity index is 1.31. The molecule has 2 atom stereocenters. The number of carbonyl (C=O) groups is 1. The minimum absolute atomic E-state index is 0.135. The van der Waals surface area contributed by atoms with Gasteiger partial charge < -0.3 is 26.2 Å². The number of aliphatic hydroxyl groups is 1. The van der Waals surface area contributed by atoms with Crippen LogP contribution in [0.3, 0.4) is 0 Å². The molecule has 0 aromatic heterocycles. The van der Waals surface area contributed by atoms with Crippen LogP contribution in [0.15, 0.2) is 42.5 Å². The lowest BCUT2D eigenvalue weighted by Gasteiger charge is -2.30. The highest BCUT2D eigenvalue weighted by Crippen LogP contribution is 2.24. The fourth-order valence-electron chi connectivity index (χ4n) is 3.78. The molecule has 6 nitrogen and oxygen atoms in total. The minimum atomic E-state index is -0.692. The van der Waals surface area contributed by atoms with Crippen LogP contribution in [0.4, 0.5) is 5.69 Å². The molecule has 2 aliphatic rings. The number of aromatic hydroxyl groups is 1. The number of benzene rings is 2. The molecule has 1 aliphatic heterocycles. The Bertz CT molecular complexity index is 851. The van der Waals surface area contributed by atoms with Crippen LogP contribution in [0.5, 0.6) is 5.75 Å². The van der Waals surface area contributed by atoms with Crippen LogP contribution in [0.1, 0.15) is 40.7 Å². The van der Waals surface area contributed by atoms with Crippen molar-refractivity contribution in [3.8, 4) is 5.75 Å². The van der Waals surface area contributed by atoms with Crippen LogP contribution < -0.4 is 16.0 Å². The molecular formula is C22H27N3O3. The van der Waals surface area contributed by atoms with Gasteiger partial charge in [0.15, 0.2) is 0 Å². The van der Waals surface area contributed by atoms with E-state index < -0.39 is 6.10 Å². The molecule has 5 N–H and O–H groups in total. The highest BCUT2D eigenvalue weighted by atomic mass is 16.3. The smallest absolute Gasteiger partial charge is 0.251 e. The van der Waals surface area contributed by atoms with E-state index in [4.69, 9.17) is 0 Å². The lowest BCUT2D eigenvalue weighted by atomic mass is 9.92. The van der Waals surface area contributed by atoms with E-state index in [2.05, 4.69) is 16.0 Å². The second-order valence-corrected chi connectivity index (χ2v) is 7.77. The number of hydrogen-bond acceptors (Lipinski definition) is 5. The van der Waals surface area contributed by atoms with Crippen molar-refractivity contribution < 1.29 is 15.0 Å². The number of phenolic OH excluding ortho intramolecular Hbond substituents is 1. The van der Waals surface area contributed by atoms with Crippen LogP contribution in [-0.4, -0.2) is 40.9 Å². The number of fused-ring (bicyclic) bond motifs is 1. The Kier molecular flexibility index (Phi) is 5.50. The largest absolute Gasteiger partial charge is 0.508 e. The molecule has 1 amide bonds. The summed E-state index contributed by atoms with van der Waals surface area (Å²) in [6.07, 6.45) is 3.59. The Labute approximate surface area is 165 Å². The van der Waals surface area contributed by atoms with Crippen molar-refractivity contribution in [1.29, 1.82) is 0 Å². The molecule has 1 aliphatic carbocycles. The molecule has 0 unspecified atom stereocenters. The zero-order valence-electron chi connectivity index (χ0n) is 15.8. The molecule has 1 fully saturated rings. The number of carbonyl (C=O) groups excluding carboxylic acids is 1. The molecule has 4 rings (SSSR count). The van der Waals surface area contributed by atoms with E-state index >= 15 is 0 Å². The SMILES string of the molecule is O=C(NC[C@@H](O)[C@@H]1Cc2ccc(O)cc2CN1)c1cccc(NC2CCC2)c1. The first-order valence-electron chi connectivity index (χ1n) is 9.95. The molecule has 1 saturated carbocycles. The van der Waals surface area contributed by atoms with Crippen molar-refractivity contribution in [2.24, 2.45) is 0 Å². The molecule has 0 saturated heterocycles. The average molecular weight is 381 g/mol. The van der Waals surface area contributed by atoms with Gasteiger partial charge in [-0.25, -0.2) is 0 Å². The number of amides is 1. The summed E-state index contributed by atoms with van der Waals surface area (Å²) in [5.74, 6) is 0.0679. The Morgan fingerprint density at radius 3 is 2.82 bits per heavy atom. The maximum atomic E-state index is 12.5. The minimum Gasteiger partial charge on any atom is -0.508 e. The monoisotopic (exact) mass is 381 g/mol. The lowest BCUT2D eigenvalue weighted by Crippen LogP contribution is -2.49. The maximum absolute atomic E-state index is 12.5. The molecule has 1 heterocycles.